The molecule has 118 valence electrons. The monoisotopic (exact) mass is 289 g/mol. The molecule has 1 aromatic rings. The third kappa shape index (κ3) is 4.52. The minimum absolute atomic E-state index is 0.319. The van der Waals surface area contributed by atoms with Gasteiger partial charge in [0.15, 0.2) is 0 Å². The lowest BCUT2D eigenvalue weighted by Crippen LogP contribution is -2.41. The van der Waals surface area contributed by atoms with Crippen molar-refractivity contribution in [2.24, 2.45) is 11.7 Å². The summed E-state index contributed by atoms with van der Waals surface area (Å²) in [6, 6.07) is 5.34. The molecule has 0 aromatic carbocycles. The Kier molecular flexibility index (Phi) is 6.19. The Morgan fingerprint density at radius 1 is 1.29 bits per heavy atom. The first-order valence-electron chi connectivity index (χ1n) is 8.50. The number of nitrogens with two attached hydrogens (primary N) is 1. The summed E-state index contributed by atoms with van der Waals surface area (Å²) in [5.74, 6) is 0.739. The molecule has 1 saturated carbocycles. The Morgan fingerprint density at radius 2 is 2.00 bits per heavy atom. The molecule has 0 saturated heterocycles. The third-order valence-electron chi connectivity index (χ3n) is 4.70. The van der Waals surface area contributed by atoms with E-state index in [-0.39, 0.29) is 0 Å². The highest BCUT2D eigenvalue weighted by Crippen LogP contribution is 2.31. The van der Waals surface area contributed by atoms with Gasteiger partial charge in [-0.15, -0.1) is 0 Å². The SMILES string of the molecule is Cc1ccc(C(CN)N(CCC(C)C)C2CCCC2)cn1. The summed E-state index contributed by atoms with van der Waals surface area (Å²) in [6.45, 7) is 8.47. The van der Waals surface area contributed by atoms with Crippen LogP contribution in [0.4, 0.5) is 0 Å². The van der Waals surface area contributed by atoms with Crippen LogP contribution < -0.4 is 5.73 Å². The topological polar surface area (TPSA) is 42.1 Å². The molecule has 1 atom stereocenters. The van der Waals surface area contributed by atoms with Crippen molar-refractivity contribution < 1.29 is 0 Å². The van der Waals surface area contributed by atoms with E-state index in [9.17, 15) is 0 Å². The van der Waals surface area contributed by atoms with Crippen LogP contribution in [0.5, 0.6) is 0 Å². The van der Waals surface area contributed by atoms with Crippen molar-refractivity contribution in [1.29, 1.82) is 0 Å². The van der Waals surface area contributed by atoms with Gasteiger partial charge in [0.2, 0.25) is 0 Å². The zero-order valence-electron chi connectivity index (χ0n) is 13.9. The number of rotatable bonds is 7. The van der Waals surface area contributed by atoms with E-state index in [1.54, 1.807) is 0 Å². The molecule has 1 aliphatic rings. The average molecular weight is 289 g/mol. The van der Waals surface area contributed by atoms with Crippen LogP contribution in [-0.2, 0) is 0 Å². The van der Waals surface area contributed by atoms with Crippen molar-refractivity contribution >= 4 is 0 Å². The summed E-state index contributed by atoms with van der Waals surface area (Å²) in [4.78, 5) is 7.14. The van der Waals surface area contributed by atoms with Gasteiger partial charge in [-0.1, -0.05) is 32.8 Å². The summed E-state index contributed by atoms with van der Waals surface area (Å²) >= 11 is 0. The van der Waals surface area contributed by atoms with E-state index in [1.165, 1.54) is 37.7 Å². The van der Waals surface area contributed by atoms with Crippen molar-refractivity contribution in [2.75, 3.05) is 13.1 Å². The Bertz CT molecular complexity index is 407. The Labute approximate surface area is 129 Å². The van der Waals surface area contributed by atoms with Crippen LogP contribution in [-0.4, -0.2) is 29.0 Å². The molecular formula is C18H31N3. The van der Waals surface area contributed by atoms with Gasteiger partial charge in [-0.05, 0) is 50.3 Å². The lowest BCUT2D eigenvalue weighted by Gasteiger charge is -2.36. The maximum Gasteiger partial charge on any atom is 0.0488 e. The first-order chi connectivity index (χ1) is 10.1. The Morgan fingerprint density at radius 3 is 2.52 bits per heavy atom. The molecule has 1 fully saturated rings. The molecule has 2 N–H and O–H groups in total. The average Bonchev–Trinajstić information content (AvgIpc) is 2.98. The highest BCUT2D eigenvalue weighted by molar-refractivity contribution is 5.18. The Balaban J connectivity index is 2.16. The van der Waals surface area contributed by atoms with Crippen molar-refractivity contribution in [2.45, 2.75) is 65.0 Å². The molecule has 21 heavy (non-hydrogen) atoms. The molecule has 0 spiro atoms. The Hall–Kier alpha value is -0.930. The summed E-state index contributed by atoms with van der Waals surface area (Å²) < 4.78 is 0. The normalized spacial score (nSPS) is 17.8. The van der Waals surface area contributed by atoms with E-state index >= 15 is 0 Å². The molecular weight excluding hydrogens is 258 g/mol. The second-order valence-corrected chi connectivity index (χ2v) is 6.84. The maximum atomic E-state index is 6.15. The molecule has 1 aromatic heterocycles. The maximum absolute atomic E-state index is 6.15. The molecule has 1 aliphatic carbocycles. The van der Waals surface area contributed by atoms with E-state index in [1.807, 2.05) is 13.1 Å². The highest BCUT2D eigenvalue weighted by atomic mass is 15.2. The molecule has 0 radical (unpaired) electrons. The van der Waals surface area contributed by atoms with Crippen LogP contribution in [0.15, 0.2) is 18.3 Å². The predicted molar refractivity (Wildman–Crippen MR) is 89.2 cm³/mol. The number of aryl methyl sites for hydroxylation is 1. The van der Waals surface area contributed by atoms with E-state index in [0.29, 0.717) is 18.6 Å². The summed E-state index contributed by atoms with van der Waals surface area (Å²) in [5, 5.41) is 0. The first-order valence-corrected chi connectivity index (χ1v) is 8.50. The summed E-state index contributed by atoms with van der Waals surface area (Å²) in [7, 11) is 0. The van der Waals surface area contributed by atoms with Gasteiger partial charge in [-0.3, -0.25) is 9.88 Å². The van der Waals surface area contributed by atoms with Gasteiger partial charge in [0.25, 0.3) is 0 Å². The fourth-order valence-corrected chi connectivity index (χ4v) is 3.38. The second-order valence-electron chi connectivity index (χ2n) is 6.84. The smallest absolute Gasteiger partial charge is 0.0488 e. The molecule has 0 amide bonds. The largest absolute Gasteiger partial charge is 0.329 e. The van der Waals surface area contributed by atoms with Crippen LogP contribution in [0.1, 0.15) is 63.3 Å². The number of hydrogen-bond acceptors (Lipinski definition) is 3. The molecule has 3 nitrogen and oxygen atoms in total. The number of aromatic nitrogens is 1. The molecule has 0 aliphatic heterocycles. The van der Waals surface area contributed by atoms with Crippen molar-refractivity contribution in [1.82, 2.24) is 9.88 Å². The van der Waals surface area contributed by atoms with Crippen LogP contribution >= 0.6 is 0 Å². The zero-order valence-corrected chi connectivity index (χ0v) is 13.9. The van der Waals surface area contributed by atoms with E-state index < -0.39 is 0 Å². The second kappa shape index (κ2) is 7.90. The lowest BCUT2D eigenvalue weighted by atomic mass is 10.0. The number of hydrogen-bond donors (Lipinski definition) is 1. The van der Waals surface area contributed by atoms with E-state index in [4.69, 9.17) is 5.73 Å². The molecule has 1 unspecified atom stereocenters. The number of pyridine rings is 1. The predicted octanol–water partition coefficient (Wildman–Crippen LogP) is 3.68. The van der Waals surface area contributed by atoms with Crippen LogP contribution in [0, 0.1) is 12.8 Å². The van der Waals surface area contributed by atoms with Gasteiger partial charge < -0.3 is 5.73 Å². The van der Waals surface area contributed by atoms with Gasteiger partial charge >= 0.3 is 0 Å². The fraction of sp³-hybridized carbons (Fsp3) is 0.722. The zero-order chi connectivity index (χ0) is 15.2. The van der Waals surface area contributed by atoms with E-state index in [0.717, 1.165) is 18.2 Å². The van der Waals surface area contributed by atoms with Gasteiger partial charge in [0.05, 0.1) is 0 Å². The van der Waals surface area contributed by atoms with Crippen LogP contribution in [0.2, 0.25) is 0 Å². The van der Waals surface area contributed by atoms with Gasteiger partial charge in [0.1, 0.15) is 0 Å². The minimum Gasteiger partial charge on any atom is -0.329 e. The number of nitrogens with zero attached hydrogens (tertiary/aromatic N) is 2. The molecule has 2 rings (SSSR count). The van der Waals surface area contributed by atoms with E-state index in [2.05, 4.69) is 35.9 Å². The summed E-state index contributed by atoms with van der Waals surface area (Å²) in [5.41, 5.74) is 8.50. The van der Waals surface area contributed by atoms with Crippen molar-refractivity contribution in [3.05, 3.63) is 29.6 Å². The standard InChI is InChI=1S/C18H31N3/c1-14(2)10-11-21(17-6-4-5-7-17)18(12-19)16-9-8-15(3)20-13-16/h8-9,13-14,17-18H,4-7,10-12,19H2,1-3H3. The van der Waals surface area contributed by atoms with Gasteiger partial charge in [-0.2, -0.15) is 0 Å². The van der Waals surface area contributed by atoms with Crippen LogP contribution in [0.25, 0.3) is 0 Å². The third-order valence-corrected chi connectivity index (χ3v) is 4.70. The first kappa shape index (κ1) is 16.4. The van der Waals surface area contributed by atoms with Crippen molar-refractivity contribution in [3.8, 4) is 0 Å². The van der Waals surface area contributed by atoms with Crippen LogP contribution in [0.3, 0.4) is 0 Å². The molecule has 1 heterocycles. The quantitative estimate of drug-likeness (QED) is 0.832. The molecule has 0 bridgehead atoms. The minimum atomic E-state index is 0.319. The van der Waals surface area contributed by atoms with Crippen molar-refractivity contribution in [3.63, 3.8) is 0 Å². The van der Waals surface area contributed by atoms with Gasteiger partial charge in [-0.25, -0.2) is 0 Å². The highest BCUT2D eigenvalue weighted by Gasteiger charge is 2.28. The van der Waals surface area contributed by atoms with Gasteiger partial charge in [0, 0.05) is 30.5 Å². The fourth-order valence-electron chi connectivity index (χ4n) is 3.38. The lowest BCUT2D eigenvalue weighted by molar-refractivity contribution is 0.130. The summed E-state index contributed by atoms with van der Waals surface area (Å²) in [6.07, 6.45) is 8.65. The molecule has 3 heteroatoms.